The zero-order valence-electron chi connectivity index (χ0n) is 11.2. The van der Waals surface area contributed by atoms with Gasteiger partial charge in [0.25, 0.3) is 0 Å². The Hall–Kier alpha value is -1.26. The highest BCUT2D eigenvalue weighted by molar-refractivity contribution is 8.72. The van der Waals surface area contributed by atoms with Crippen molar-refractivity contribution in [2.45, 2.75) is 12.8 Å². The molecule has 20 heavy (non-hydrogen) atoms. The van der Waals surface area contributed by atoms with E-state index in [9.17, 15) is 8.42 Å². The van der Waals surface area contributed by atoms with Gasteiger partial charge in [-0.1, -0.05) is 60.7 Å². The van der Waals surface area contributed by atoms with Crippen LogP contribution in [0.2, 0.25) is 0 Å². The van der Waals surface area contributed by atoms with E-state index in [-0.39, 0.29) is 5.75 Å². The second-order valence-corrected chi connectivity index (χ2v) is 8.95. The summed E-state index contributed by atoms with van der Waals surface area (Å²) in [5.74, 6) is 0.817. The lowest BCUT2D eigenvalue weighted by Gasteiger charge is -2.04. The van der Waals surface area contributed by atoms with Crippen molar-refractivity contribution in [3.05, 3.63) is 71.8 Å². The lowest BCUT2D eigenvalue weighted by atomic mass is 10.2. The van der Waals surface area contributed by atoms with E-state index in [2.05, 4.69) is 0 Å². The standard InChI is InChI=1S/C16H18O2S2/c17-20(18,14-12-16-9-5-2-6-10-16)19-13-11-15-7-3-1-4-8-15/h1-10H,11-14H2. The van der Waals surface area contributed by atoms with Gasteiger partial charge in [-0.15, -0.1) is 0 Å². The summed E-state index contributed by atoms with van der Waals surface area (Å²) in [6, 6.07) is 19.7. The third-order valence-electron chi connectivity index (χ3n) is 2.98. The Morgan fingerprint density at radius 1 is 0.750 bits per heavy atom. The Morgan fingerprint density at radius 3 is 1.80 bits per heavy atom. The van der Waals surface area contributed by atoms with Gasteiger partial charge in [0, 0.05) is 5.75 Å². The summed E-state index contributed by atoms with van der Waals surface area (Å²) in [5.41, 5.74) is 2.25. The number of benzene rings is 2. The molecule has 0 aliphatic carbocycles. The normalized spacial score (nSPS) is 11.4. The summed E-state index contributed by atoms with van der Waals surface area (Å²) < 4.78 is 23.9. The molecule has 2 rings (SSSR count). The second kappa shape index (κ2) is 7.50. The Morgan fingerprint density at radius 2 is 1.25 bits per heavy atom. The van der Waals surface area contributed by atoms with Crippen LogP contribution in [0, 0.1) is 0 Å². The molecule has 0 unspecified atom stereocenters. The fourth-order valence-corrected chi connectivity index (χ4v) is 4.67. The minimum atomic E-state index is -3.03. The first kappa shape index (κ1) is 15.1. The average Bonchev–Trinajstić information content (AvgIpc) is 2.47. The molecule has 4 heteroatoms. The highest BCUT2D eigenvalue weighted by atomic mass is 33.1. The maximum absolute atomic E-state index is 12.0. The molecule has 0 radical (unpaired) electrons. The zero-order chi connectivity index (χ0) is 14.3. The molecule has 0 saturated heterocycles. The van der Waals surface area contributed by atoms with Crippen LogP contribution in [-0.4, -0.2) is 19.9 Å². The van der Waals surface area contributed by atoms with Crippen LogP contribution in [0.1, 0.15) is 11.1 Å². The van der Waals surface area contributed by atoms with E-state index in [0.29, 0.717) is 12.2 Å². The van der Waals surface area contributed by atoms with E-state index in [1.165, 1.54) is 5.56 Å². The summed E-state index contributed by atoms with van der Waals surface area (Å²) >= 11 is 0. The zero-order valence-corrected chi connectivity index (χ0v) is 12.9. The molecule has 2 aromatic carbocycles. The highest BCUT2D eigenvalue weighted by Gasteiger charge is 2.11. The molecule has 2 aromatic rings. The van der Waals surface area contributed by atoms with Crippen LogP contribution in [0.3, 0.4) is 0 Å². The van der Waals surface area contributed by atoms with Crippen LogP contribution in [0.25, 0.3) is 0 Å². The first-order valence-corrected chi connectivity index (χ1v) is 9.76. The predicted molar refractivity (Wildman–Crippen MR) is 86.5 cm³/mol. The molecule has 106 valence electrons. The van der Waals surface area contributed by atoms with Crippen molar-refractivity contribution in [1.82, 2.24) is 0 Å². The first-order valence-electron chi connectivity index (χ1n) is 6.61. The van der Waals surface area contributed by atoms with Crippen LogP contribution < -0.4 is 0 Å². The van der Waals surface area contributed by atoms with Gasteiger partial charge in [0.05, 0.1) is 5.75 Å². The smallest absolute Gasteiger partial charge is 0.201 e. The second-order valence-electron chi connectivity index (χ2n) is 4.55. The summed E-state index contributed by atoms with van der Waals surface area (Å²) in [5, 5.41) is 0. The summed E-state index contributed by atoms with van der Waals surface area (Å²) in [4.78, 5) is 0. The molecule has 0 saturated carbocycles. The van der Waals surface area contributed by atoms with Crippen molar-refractivity contribution in [3.63, 3.8) is 0 Å². The number of rotatable bonds is 7. The molecule has 0 heterocycles. The average molecular weight is 306 g/mol. The minimum absolute atomic E-state index is 0.205. The molecule has 0 N–H and O–H groups in total. The number of hydrogen-bond acceptors (Lipinski definition) is 3. The molecular weight excluding hydrogens is 288 g/mol. The fourth-order valence-electron chi connectivity index (χ4n) is 1.88. The first-order chi connectivity index (χ1) is 9.66. The molecule has 0 amide bonds. The van der Waals surface area contributed by atoms with Gasteiger partial charge in [-0.3, -0.25) is 0 Å². The van der Waals surface area contributed by atoms with E-state index in [0.717, 1.165) is 22.8 Å². The predicted octanol–water partition coefficient (Wildman–Crippen LogP) is 3.53. The molecule has 0 aliphatic heterocycles. The van der Waals surface area contributed by atoms with Crippen molar-refractivity contribution in [3.8, 4) is 0 Å². The van der Waals surface area contributed by atoms with Gasteiger partial charge in [0.1, 0.15) is 0 Å². The Balaban J connectivity index is 1.77. The molecule has 0 atom stereocenters. The van der Waals surface area contributed by atoms with Crippen LogP contribution in [0.5, 0.6) is 0 Å². The number of hydrogen-bond donors (Lipinski definition) is 0. The van der Waals surface area contributed by atoms with Crippen LogP contribution >= 0.6 is 10.8 Å². The third-order valence-corrected chi connectivity index (χ3v) is 6.49. The maximum atomic E-state index is 12.0. The van der Waals surface area contributed by atoms with E-state index in [1.54, 1.807) is 0 Å². The van der Waals surface area contributed by atoms with Crippen LogP contribution in [0.15, 0.2) is 60.7 Å². The topological polar surface area (TPSA) is 34.1 Å². The molecule has 0 spiro atoms. The van der Waals surface area contributed by atoms with Gasteiger partial charge in [0.15, 0.2) is 0 Å². The number of aryl methyl sites for hydroxylation is 2. The molecule has 2 nitrogen and oxygen atoms in total. The van der Waals surface area contributed by atoms with Crippen molar-refractivity contribution in [1.29, 1.82) is 0 Å². The minimum Gasteiger partial charge on any atom is -0.217 e. The largest absolute Gasteiger partial charge is 0.217 e. The van der Waals surface area contributed by atoms with Crippen molar-refractivity contribution >= 4 is 19.7 Å². The third kappa shape index (κ3) is 5.39. The van der Waals surface area contributed by atoms with Crippen molar-refractivity contribution in [2.24, 2.45) is 0 Å². The Labute approximate surface area is 124 Å². The van der Waals surface area contributed by atoms with Gasteiger partial charge in [-0.05, 0) is 34.8 Å². The van der Waals surface area contributed by atoms with Crippen molar-refractivity contribution < 1.29 is 8.42 Å². The lowest BCUT2D eigenvalue weighted by molar-refractivity contribution is 0.609. The van der Waals surface area contributed by atoms with Gasteiger partial charge >= 0.3 is 0 Å². The lowest BCUT2D eigenvalue weighted by Crippen LogP contribution is -2.06. The van der Waals surface area contributed by atoms with Gasteiger partial charge < -0.3 is 0 Å². The Kier molecular flexibility index (Phi) is 5.68. The maximum Gasteiger partial charge on any atom is 0.201 e. The van der Waals surface area contributed by atoms with Crippen molar-refractivity contribution in [2.75, 3.05) is 11.5 Å². The van der Waals surface area contributed by atoms with Gasteiger partial charge in [0.2, 0.25) is 8.87 Å². The SMILES string of the molecule is O=S(=O)(CCc1ccccc1)SCCc1ccccc1. The van der Waals surface area contributed by atoms with E-state index >= 15 is 0 Å². The Bertz CT molecular complexity index is 607. The molecular formula is C16H18O2S2. The quantitative estimate of drug-likeness (QED) is 0.734. The van der Waals surface area contributed by atoms with Gasteiger partial charge in [-0.25, -0.2) is 8.42 Å². The van der Waals surface area contributed by atoms with E-state index in [1.807, 2.05) is 60.7 Å². The monoisotopic (exact) mass is 306 g/mol. The molecule has 0 bridgehead atoms. The fraction of sp³-hybridized carbons (Fsp3) is 0.250. The van der Waals surface area contributed by atoms with Gasteiger partial charge in [-0.2, -0.15) is 0 Å². The molecule has 0 fully saturated rings. The van der Waals surface area contributed by atoms with Crippen LogP contribution in [0.4, 0.5) is 0 Å². The molecule has 0 aliphatic rings. The van der Waals surface area contributed by atoms with E-state index in [4.69, 9.17) is 0 Å². The highest BCUT2D eigenvalue weighted by Crippen LogP contribution is 2.17. The van der Waals surface area contributed by atoms with Crippen LogP contribution in [-0.2, 0) is 21.7 Å². The summed E-state index contributed by atoms with van der Waals surface area (Å²) in [7, 11) is -1.97. The summed E-state index contributed by atoms with van der Waals surface area (Å²) in [6.45, 7) is 0. The van der Waals surface area contributed by atoms with E-state index < -0.39 is 8.87 Å². The summed E-state index contributed by atoms with van der Waals surface area (Å²) in [6.07, 6.45) is 1.37. The molecule has 0 aromatic heterocycles.